The number of hydrogen-bond donors (Lipinski definition) is 0. The molecule has 0 aromatic heterocycles. The second kappa shape index (κ2) is 6.35. The molecular weight excluding hydrogens is 286 g/mol. The standard InChI is InChI=1S/C20H31NO2/c1-12(2)18-19(13(3)4)21(16-7-8-16)9-15-10-22-11-17(15)23-20(18)14(5)6/h15-17H,7-11H2,1-6H3. The van der Waals surface area contributed by atoms with Gasteiger partial charge in [0.05, 0.1) is 13.2 Å². The van der Waals surface area contributed by atoms with Gasteiger partial charge in [0.15, 0.2) is 0 Å². The van der Waals surface area contributed by atoms with E-state index >= 15 is 0 Å². The van der Waals surface area contributed by atoms with Gasteiger partial charge in [0.25, 0.3) is 0 Å². The van der Waals surface area contributed by atoms with E-state index in [1.807, 2.05) is 0 Å². The molecule has 0 radical (unpaired) electrons. The quantitative estimate of drug-likeness (QED) is 0.714. The second-order valence-corrected chi connectivity index (χ2v) is 7.89. The van der Waals surface area contributed by atoms with Crippen LogP contribution >= 0.6 is 0 Å². The lowest BCUT2D eigenvalue weighted by Crippen LogP contribution is -2.40. The van der Waals surface area contributed by atoms with Crippen LogP contribution in [0.1, 0.15) is 54.4 Å². The van der Waals surface area contributed by atoms with E-state index in [4.69, 9.17) is 9.47 Å². The monoisotopic (exact) mass is 317 g/mol. The van der Waals surface area contributed by atoms with E-state index in [0.29, 0.717) is 12.0 Å². The predicted molar refractivity (Wildman–Crippen MR) is 94.0 cm³/mol. The molecule has 0 N–H and O–H groups in total. The predicted octanol–water partition coefficient (Wildman–Crippen LogP) is 4.42. The third-order valence-electron chi connectivity index (χ3n) is 5.01. The Hall–Kier alpha value is -1.22. The lowest BCUT2D eigenvalue weighted by atomic mass is 9.94. The largest absolute Gasteiger partial charge is 0.487 e. The third kappa shape index (κ3) is 3.21. The van der Waals surface area contributed by atoms with Crippen molar-refractivity contribution in [1.29, 1.82) is 0 Å². The summed E-state index contributed by atoms with van der Waals surface area (Å²) in [6.07, 6.45) is 2.82. The smallest absolute Gasteiger partial charge is 0.129 e. The van der Waals surface area contributed by atoms with Gasteiger partial charge in [-0.1, -0.05) is 11.1 Å². The van der Waals surface area contributed by atoms with E-state index < -0.39 is 0 Å². The van der Waals surface area contributed by atoms with Crippen LogP contribution in [0, 0.1) is 5.92 Å². The lowest BCUT2D eigenvalue weighted by molar-refractivity contribution is 0.0640. The highest BCUT2D eigenvalue weighted by atomic mass is 16.5. The molecule has 23 heavy (non-hydrogen) atoms. The van der Waals surface area contributed by atoms with E-state index in [2.05, 4.69) is 46.4 Å². The van der Waals surface area contributed by atoms with Gasteiger partial charge in [0, 0.05) is 29.8 Å². The summed E-state index contributed by atoms with van der Waals surface area (Å²) in [5.41, 5.74) is 6.67. The van der Waals surface area contributed by atoms with Gasteiger partial charge < -0.3 is 14.4 Å². The van der Waals surface area contributed by atoms with Crippen molar-refractivity contribution < 1.29 is 9.47 Å². The van der Waals surface area contributed by atoms with Gasteiger partial charge in [-0.25, -0.2) is 0 Å². The maximum absolute atomic E-state index is 6.52. The van der Waals surface area contributed by atoms with Crippen LogP contribution in [-0.4, -0.2) is 36.8 Å². The van der Waals surface area contributed by atoms with Crippen LogP contribution in [0.5, 0.6) is 0 Å². The Labute approximate surface area is 141 Å². The van der Waals surface area contributed by atoms with Crippen molar-refractivity contribution in [1.82, 2.24) is 4.90 Å². The Morgan fingerprint density at radius 2 is 1.61 bits per heavy atom. The number of allylic oxidation sites excluding steroid dienone is 3. The van der Waals surface area contributed by atoms with Crippen LogP contribution < -0.4 is 0 Å². The van der Waals surface area contributed by atoms with Gasteiger partial charge in [-0.3, -0.25) is 0 Å². The Balaban J connectivity index is 2.15. The summed E-state index contributed by atoms with van der Waals surface area (Å²) in [5.74, 6) is 1.55. The van der Waals surface area contributed by atoms with Crippen LogP contribution in [0.2, 0.25) is 0 Å². The molecule has 0 spiro atoms. The molecule has 3 aliphatic rings. The molecule has 3 fully saturated rings. The zero-order valence-corrected chi connectivity index (χ0v) is 15.5. The number of nitrogens with zero attached hydrogens (tertiary/aromatic N) is 1. The summed E-state index contributed by atoms with van der Waals surface area (Å²) in [6.45, 7) is 15.8. The first-order valence-corrected chi connectivity index (χ1v) is 8.94. The summed E-state index contributed by atoms with van der Waals surface area (Å²) in [5, 5.41) is 0. The molecule has 2 saturated heterocycles. The Morgan fingerprint density at radius 1 is 0.913 bits per heavy atom. The third-order valence-corrected chi connectivity index (χ3v) is 5.01. The number of hydrogen-bond acceptors (Lipinski definition) is 3. The van der Waals surface area contributed by atoms with Crippen molar-refractivity contribution in [3.8, 4) is 0 Å². The van der Waals surface area contributed by atoms with Crippen molar-refractivity contribution >= 4 is 0 Å². The molecule has 0 aromatic rings. The van der Waals surface area contributed by atoms with Crippen molar-refractivity contribution in [2.45, 2.75) is 66.5 Å². The fraction of sp³-hybridized carbons (Fsp3) is 0.700. The Morgan fingerprint density at radius 3 is 2.13 bits per heavy atom. The van der Waals surface area contributed by atoms with Crippen LogP contribution in [0.4, 0.5) is 0 Å². The molecule has 128 valence electrons. The van der Waals surface area contributed by atoms with Crippen molar-refractivity contribution in [2.24, 2.45) is 5.92 Å². The SMILES string of the molecule is CC(C)=C1OC2COCC2CN(C2CC2)C(=C(C)C)C1=C(C)C. The molecule has 1 saturated carbocycles. The molecule has 3 heteroatoms. The van der Waals surface area contributed by atoms with Crippen LogP contribution in [-0.2, 0) is 9.47 Å². The molecule has 2 aliphatic heterocycles. The van der Waals surface area contributed by atoms with E-state index in [1.165, 1.54) is 40.8 Å². The van der Waals surface area contributed by atoms with E-state index in [-0.39, 0.29) is 6.10 Å². The zero-order chi connectivity index (χ0) is 16.7. The first-order valence-electron chi connectivity index (χ1n) is 8.94. The van der Waals surface area contributed by atoms with Crippen LogP contribution in [0.25, 0.3) is 0 Å². The van der Waals surface area contributed by atoms with Gasteiger partial charge >= 0.3 is 0 Å². The average Bonchev–Trinajstić information content (AvgIpc) is 3.19. The van der Waals surface area contributed by atoms with E-state index in [9.17, 15) is 0 Å². The minimum Gasteiger partial charge on any atom is -0.487 e. The highest BCUT2D eigenvalue weighted by molar-refractivity contribution is 5.49. The molecule has 3 rings (SSSR count). The number of ether oxygens (including phenoxy) is 2. The molecule has 2 atom stereocenters. The van der Waals surface area contributed by atoms with Gasteiger partial charge in [0.1, 0.15) is 11.9 Å². The first kappa shape index (κ1) is 16.6. The fourth-order valence-corrected chi connectivity index (χ4v) is 3.77. The van der Waals surface area contributed by atoms with Gasteiger partial charge in [-0.2, -0.15) is 0 Å². The number of fused-ring (bicyclic) bond motifs is 1. The van der Waals surface area contributed by atoms with E-state index in [1.54, 1.807) is 0 Å². The van der Waals surface area contributed by atoms with Crippen LogP contribution in [0.3, 0.4) is 0 Å². The Kier molecular flexibility index (Phi) is 4.59. The average molecular weight is 317 g/mol. The van der Waals surface area contributed by atoms with E-state index in [0.717, 1.165) is 25.5 Å². The van der Waals surface area contributed by atoms with Gasteiger partial charge in [-0.05, 0) is 60.0 Å². The van der Waals surface area contributed by atoms with Crippen molar-refractivity contribution in [3.63, 3.8) is 0 Å². The molecule has 3 nitrogen and oxygen atoms in total. The van der Waals surface area contributed by atoms with Crippen molar-refractivity contribution in [3.05, 3.63) is 33.7 Å². The highest BCUT2D eigenvalue weighted by Gasteiger charge is 2.41. The summed E-state index contributed by atoms with van der Waals surface area (Å²) >= 11 is 0. The summed E-state index contributed by atoms with van der Waals surface area (Å²) < 4.78 is 12.3. The molecule has 2 heterocycles. The second-order valence-electron chi connectivity index (χ2n) is 7.89. The van der Waals surface area contributed by atoms with Crippen molar-refractivity contribution in [2.75, 3.05) is 19.8 Å². The van der Waals surface area contributed by atoms with Gasteiger partial charge in [0.2, 0.25) is 0 Å². The minimum atomic E-state index is 0.189. The lowest BCUT2D eigenvalue weighted by Gasteiger charge is -2.39. The molecular formula is C20H31NO2. The fourth-order valence-electron chi connectivity index (χ4n) is 3.77. The molecule has 0 aromatic carbocycles. The van der Waals surface area contributed by atoms with Gasteiger partial charge in [-0.15, -0.1) is 0 Å². The molecule has 1 aliphatic carbocycles. The first-order chi connectivity index (χ1) is 10.9. The molecule has 0 bridgehead atoms. The normalized spacial score (nSPS) is 28.1. The summed E-state index contributed by atoms with van der Waals surface area (Å²) in [4.78, 5) is 2.66. The topological polar surface area (TPSA) is 21.7 Å². The molecule has 2 unspecified atom stereocenters. The Bertz CT molecular complexity index is 568. The summed E-state index contributed by atoms with van der Waals surface area (Å²) in [7, 11) is 0. The zero-order valence-electron chi connectivity index (χ0n) is 15.5. The highest BCUT2D eigenvalue weighted by Crippen LogP contribution is 2.42. The molecule has 0 amide bonds. The minimum absolute atomic E-state index is 0.189. The number of rotatable bonds is 1. The maximum atomic E-state index is 6.52. The summed E-state index contributed by atoms with van der Waals surface area (Å²) in [6, 6.07) is 0.701. The van der Waals surface area contributed by atoms with Crippen LogP contribution in [0.15, 0.2) is 33.7 Å². The maximum Gasteiger partial charge on any atom is 0.129 e.